The maximum Gasteiger partial charge on any atom is 0.0487 e. The van der Waals surface area contributed by atoms with E-state index in [1.54, 1.807) is 0 Å². The number of benzene rings is 2. The van der Waals surface area contributed by atoms with E-state index >= 15 is 0 Å². The van der Waals surface area contributed by atoms with E-state index in [4.69, 9.17) is 0 Å². The van der Waals surface area contributed by atoms with E-state index < -0.39 is 0 Å². The van der Waals surface area contributed by atoms with Gasteiger partial charge in [-0.05, 0) is 16.8 Å². The largest absolute Gasteiger partial charge is 0.114 e. The summed E-state index contributed by atoms with van der Waals surface area (Å²) in [5.41, 5.74) is 0. The quantitative estimate of drug-likeness (QED) is 0.568. The van der Waals surface area contributed by atoms with Crippen LogP contribution in [0.1, 0.15) is 27.7 Å². The van der Waals surface area contributed by atoms with Gasteiger partial charge >= 0.3 is 0 Å². The van der Waals surface area contributed by atoms with Gasteiger partial charge in [-0.15, -0.1) is 23.5 Å². The van der Waals surface area contributed by atoms with Crippen molar-refractivity contribution >= 4 is 34.3 Å². The van der Waals surface area contributed by atoms with Crippen LogP contribution in [0.5, 0.6) is 0 Å². The third-order valence-electron chi connectivity index (χ3n) is 2.26. The maximum absolute atomic E-state index is 2.24. The van der Waals surface area contributed by atoms with E-state index in [1.807, 2.05) is 51.2 Å². The summed E-state index contributed by atoms with van der Waals surface area (Å²) in [4.78, 5) is 2.92. The molecular formula is C15H20S2. The number of rotatable bonds is 0. The lowest BCUT2D eigenvalue weighted by atomic mass is 10.1. The second-order valence-electron chi connectivity index (χ2n) is 3.02. The first-order valence-electron chi connectivity index (χ1n) is 6.22. The monoisotopic (exact) mass is 264 g/mol. The van der Waals surface area contributed by atoms with Gasteiger partial charge in [0.1, 0.15) is 0 Å². The Labute approximate surface area is 113 Å². The van der Waals surface area contributed by atoms with Crippen LogP contribution in [0.2, 0.25) is 0 Å². The first-order chi connectivity index (χ1) is 8.45. The fourth-order valence-electron chi connectivity index (χ4n) is 1.64. The van der Waals surface area contributed by atoms with Crippen LogP contribution >= 0.6 is 23.5 Å². The summed E-state index contributed by atoms with van der Waals surface area (Å²) < 4.78 is 0. The van der Waals surface area contributed by atoms with Gasteiger partial charge in [-0.3, -0.25) is 0 Å². The minimum Gasteiger partial charge on any atom is -0.114 e. The Balaban J connectivity index is 0.000000330. The number of hydrogen-bond acceptors (Lipinski definition) is 2. The molecule has 0 unspecified atom stereocenters. The van der Waals surface area contributed by atoms with Gasteiger partial charge in [0, 0.05) is 14.9 Å². The molecule has 1 heterocycles. The number of thioether (sulfide) groups is 2. The minimum atomic E-state index is 1.17. The van der Waals surface area contributed by atoms with Crippen molar-refractivity contribution in [1.82, 2.24) is 0 Å². The molecule has 0 fully saturated rings. The molecule has 1 aliphatic heterocycles. The van der Waals surface area contributed by atoms with E-state index in [9.17, 15) is 0 Å². The van der Waals surface area contributed by atoms with Gasteiger partial charge in [-0.25, -0.2) is 0 Å². The van der Waals surface area contributed by atoms with Crippen molar-refractivity contribution in [3.8, 4) is 0 Å². The van der Waals surface area contributed by atoms with E-state index in [-0.39, 0.29) is 0 Å². The predicted octanol–water partition coefficient (Wildman–Crippen LogP) is 6.05. The first-order valence-corrected chi connectivity index (χ1v) is 8.19. The van der Waals surface area contributed by atoms with Crippen LogP contribution in [0.25, 0.3) is 10.8 Å². The fraction of sp³-hybridized carbons (Fsp3) is 0.333. The zero-order valence-electron chi connectivity index (χ0n) is 11.0. The van der Waals surface area contributed by atoms with Crippen molar-refractivity contribution in [2.24, 2.45) is 0 Å². The normalized spacial score (nSPS) is 12.0. The van der Waals surface area contributed by atoms with E-state index in [2.05, 4.69) is 36.4 Å². The number of hydrogen-bond donors (Lipinski definition) is 0. The van der Waals surface area contributed by atoms with Crippen LogP contribution in [-0.2, 0) is 0 Å². The summed E-state index contributed by atoms with van der Waals surface area (Å²) in [5.74, 6) is 0. The molecule has 0 radical (unpaired) electrons. The molecule has 1 aliphatic rings. The average molecular weight is 264 g/mol. The highest BCUT2D eigenvalue weighted by Crippen LogP contribution is 2.45. The number of fused-ring (bicyclic) bond motifs is 3. The van der Waals surface area contributed by atoms with Gasteiger partial charge in [0.05, 0.1) is 0 Å². The third kappa shape index (κ3) is 3.20. The molecule has 0 aromatic heterocycles. The van der Waals surface area contributed by atoms with Crippen molar-refractivity contribution in [3.05, 3.63) is 36.4 Å². The minimum absolute atomic E-state index is 1.17. The van der Waals surface area contributed by atoms with Crippen LogP contribution in [-0.4, -0.2) is 5.08 Å². The molecule has 3 rings (SSSR count). The van der Waals surface area contributed by atoms with E-state index in [0.29, 0.717) is 0 Å². The Bertz CT molecular complexity index is 463. The Kier molecular flexibility index (Phi) is 6.53. The molecule has 0 atom stereocenters. The smallest absolute Gasteiger partial charge is 0.0487 e. The lowest BCUT2D eigenvalue weighted by Crippen LogP contribution is -1.76. The lowest BCUT2D eigenvalue weighted by Gasteiger charge is -2.02. The van der Waals surface area contributed by atoms with Crippen LogP contribution in [0, 0.1) is 0 Å². The summed E-state index contributed by atoms with van der Waals surface area (Å²) >= 11 is 3.91. The zero-order valence-corrected chi connectivity index (χ0v) is 12.6. The highest BCUT2D eigenvalue weighted by atomic mass is 32.2. The molecule has 17 heavy (non-hydrogen) atoms. The van der Waals surface area contributed by atoms with Crippen molar-refractivity contribution in [2.75, 3.05) is 5.08 Å². The molecular weight excluding hydrogens is 244 g/mol. The van der Waals surface area contributed by atoms with Gasteiger partial charge in [0.15, 0.2) is 0 Å². The van der Waals surface area contributed by atoms with E-state index in [0.717, 1.165) is 0 Å². The molecule has 0 aliphatic carbocycles. The summed E-state index contributed by atoms with van der Waals surface area (Å²) in [5, 5.41) is 3.94. The van der Waals surface area contributed by atoms with Crippen LogP contribution in [0.3, 0.4) is 0 Å². The molecule has 0 saturated heterocycles. The van der Waals surface area contributed by atoms with Gasteiger partial charge < -0.3 is 0 Å². The highest BCUT2D eigenvalue weighted by Gasteiger charge is 2.14. The lowest BCUT2D eigenvalue weighted by molar-refractivity contribution is 1.32. The Morgan fingerprint density at radius 2 is 1.53 bits per heavy atom. The summed E-state index contributed by atoms with van der Waals surface area (Å²) in [6.07, 6.45) is 0. The van der Waals surface area contributed by atoms with Crippen molar-refractivity contribution in [1.29, 1.82) is 0 Å². The Hall–Kier alpha value is -0.600. The summed E-state index contributed by atoms with van der Waals surface area (Å²) in [6.45, 7) is 8.00. The van der Waals surface area contributed by atoms with Gasteiger partial charge in [-0.1, -0.05) is 58.0 Å². The van der Waals surface area contributed by atoms with Gasteiger partial charge in [0.25, 0.3) is 0 Å². The highest BCUT2D eigenvalue weighted by molar-refractivity contribution is 8.18. The fourth-order valence-corrected chi connectivity index (χ4v) is 4.16. The molecule has 0 bridgehead atoms. The standard InChI is InChI=1S/C11H8S2.2C2H6/c1-2-4-9-8(3-1)5-6-10-11(9)13-7-12-10;2*1-2/h1-6H,7H2;2*1-2H3. The van der Waals surface area contributed by atoms with Crippen LogP contribution in [0.4, 0.5) is 0 Å². The summed E-state index contributed by atoms with van der Waals surface area (Å²) in [6, 6.07) is 13.1. The molecule has 92 valence electrons. The molecule has 0 N–H and O–H groups in total. The van der Waals surface area contributed by atoms with E-state index in [1.165, 1.54) is 25.6 Å². The van der Waals surface area contributed by atoms with Crippen molar-refractivity contribution in [3.63, 3.8) is 0 Å². The molecule has 0 amide bonds. The Morgan fingerprint density at radius 3 is 2.29 bits per heavy atom. The zero-order chi connectivity index (χ0) is 12.7. The molecule has 2 aromatic carbocycles. The molecule has 0 spiro atoms. The second kappa shape index (κ2) is 7.67. The average Bonchev–Trinajstić information content (AvgIpc) is 2.92. The van der Waals surface area contributed by atoms with Crippen LogP contribution in [0.15, 0.2) is 46.2 Å². The molecule has 2 heteroatoms. The Morgan fingerprint density at radius 1 is 0.824 bits per heavy atom. The maximum atomic E-state index is 2.24. The topological polar surface area (TPSA) is 0 Å². The molecule has 0 saturated carbocycles. The SMILES string of the molecule is CC.CC.c1ccc2c3c(ccc2c1)SCS3. The first kappa shape index (κ1) is 14.5. The predicted molar refractivity (Wildman–Crippen MR) is 83.2 cm³/mol. The van der Waals surface area contributed by atoms with Crippen molar-refractivity contribution in [2.45, 2.75) is 37.5 Å². The second-order valence-corrected chi connectivity index (χ2v) is 5.39. The van der Waals surface area contributed by atoms with Crippen molar-refractivity contribution < 1.29 is 0 Å². The molecule has 0 nitrogen and oxygen atoms in total. The van der Waals surface area contributed by atoms with Crippen LogP contribution < -0.4 is 0 Å². The third-order valence-corrected chi connectivity index (χ3v) is 4.71. The van der Waals surface area contributed by atoms with Gasteiger partial charge in [0.2, 0.25) is 0 Å². The van der Waals surface area contributed by atoms with Gasteiger partial charge in [-0.2, -0.15) is 0 Å². The summed E-state index contributed by atoms with van der Waals surface area (Å²) in [7, 11) is 0. The molecule has 2 aromatic rings.